The second kappa shape index (κ2) is 8.02. The molecule has 0 atom stereocenters. The van der Waals surface area contributed by atoms with Crippen LogP contribution in [0.15, 0.2) is 23.3 Å². The molecule has 1 amide bonds. The summed E-state index contributed by atoms with van der Waals surface area (Å²) in [4.78, 5) is 11.4. The molecule has 6 heteroatoms. The van der Waals surface area contributed by atoms with Crippen molar-refractivity contribution in [2.45, 2.75) is 26.7 Å². The van der Waals surface area contributed by atoms with E-state index >= 15 is 0 Å². The third-order valence-electron chi connectivity index (χ3n) is 2.10. The summed E-state index contributed by atoms with van der Waals surface area (Å²) in [7, 11) is 0. The molecule has 1 aromatic rings. The van der Waals surface area contributed by atoms with Gasteiger partial charge in [0.05, 0.1) is 11.6 Å². The number of halogens is 2. The van der Waals surface area contributed by atoms with Gasteiger partial charge in [0.25, 0.3) is 0 Å². The highest BCUT2D eigenvalue weighted by Crippen LogP contribution is 2.27. The Morgan fingerprint density at radius 3 is 2.74 bits per heavy atom. The van der Waals surface area contributed by atoms with E-state index in [1.165, 1.54) is 0 Å². The summed E-state index contributed by atoms with van der Waals surface area (Å²) in [5.74, 6) is 0.431. The molecule has 1 rings (SSSR count). The summed E-state index contributed by atoms with van der Waals surface area (Å²) in [6, 6.07) is 5.02. The highest BCUT2D eigenvalue weighted by Gasteiger charge is 2.03. The van der Waals surface area contributed by atoms with E-state index in [-0.39, 0.29) is 5.91 Å². The molecular weight excluding hydrogens is 287 g/mol. The molecule has 0 fully saturated rings. The first kappa shape index (κ1) is 15.8. The second-order valence-corrected chi connectivity index (χ2v) is 4.96. The SMILES string of the molecule is CC(C)=NNC(=O)CCCOc1ccc(Cl)cc1Cl. The first-order valence-electron chi connectivity index (χ1n) is 5.86. The summed E-state index contributed by atoms with van der Waals surface area (Å²) in [5, 5.41) is 4.85. The summed E-state index contributed by atoms with van der Waals surface area (Å²) in [6.45, 7) is 4.03. The molecular formula is C13H16Cl2N2O2. The van der Waals surface area contributed by atoms with E-state index in [9.17, 15) is 4.79 Å². The zero-order chi connectivity index (χ0) is 14.3. The maximum Gasteiger partial charge on any atom is 0.240 e. The minimum Gasteiger partial charge on any atom is -0.492 e. The Bertz CT molecular complexity index is 472. The van der Waals surface area contributed by atoms with E-state index in [0.29, 0.717) is 35.2 Å². The summed E-state index contributed by atoms with van der Waals surface area (Å²) >= 11 is 11.7. The number of amides is 1. The lowest BCUT2D eigenvalue weighted by Gasteiger charge is -2.07. The van der Waals surface area contributed by atoms with E-state index in [1.54, 1.807) is 18.2 Å². The van der Waals surface area contributed by atoms with Crippen LogP contribution in [0.25, 0.3) is 0 Å². The van der Waals surface area contributed by atoms with Crippen molar-refractivity contribution >= 4 is 34.8 Å². The number of nitrogens with zero attached hydrogens (tertiary/aromatic N) is 1. The average molecular weight is 303 g/mol. The first-order valence-corrected chi connectivity index (χ1v) is 6.62. The lowest BCUT2D eigenvalue weighted by molar-refractivity contribution is -0.121. The van der Waals surface area contributed by atoms with Crippen molar-refractivity contribution in [3.05, 3.63) is 28.2 Å². The second-order valence-electron chi connectivity index (χ2n) is 4.12. The van der Waals surface area contributed by atoms with Gasteiger partial charge < -0.3 is 4.74 Å². The van der Waals surface area contributed by atoms with Gasteiger partial charge in [-0.3, -0.25) is 4.79 Å². The molecule has 0 saturated heterocycles. The third kappa shape index (κ3) is 6.45. The van der Waals surface area contributed by atoms with Gasteiger partial charge in [-0.25, -0.2) is 5.43 Å². The molecule has 0 heterocycles. The highest BCUT2D eigenvalue weighted by molar-refractivity contribution is 6.35. The molecule has 0 aliphatic rings. The van der Waals surface area contributed by atoms with Crippen molar-refractivity contribution < 1.29 is 9.53 Å². The van der Waals surface area contributed by atoms with Crippen LogP contribution in [0.2, 0.25) is 10.0 Å². The number of rotatable bonds is 6. The predicted molar refractivity (Wildman–Crippen MR) is 78.1 cm³/mol. The van der Waals surface area contributed by atoms with Crippen LogP contribution in [-0.2, 0) is 4.79 Å². The maximum absolute atomic E-state index is 11.4. The standard InChI is InChI=1S/C13H16Cl2N2O2/c1-9(2)16-17-13(18)4-3-7-19-12-6-5-10(14)8-11(12)15/h5-6,8H,3-4,7H2,1-2H3,(H,17,18). The van der Waals surface area contributed by atoms with Gasteiger partial charge in [-0.2, -0.15) is 5.10 Å². The fourth-order valence-electron chi connectivity index (χ4n) is 1.24. The van der Waals surface area contributed by atoms with Crippen LogP contribution in [0.1, 0.15) is 26.7 Å². The van der Waals surface area contributed by atoms with Crippen LogP contribution in [0.4, 0.5) is 0 Å². The van der Waals surface area contributed by atoms with Crippen molar-refractivity contribution in [1.82, 2.24) is 5.43 Å². The average Bonchev–Trinajstić information content (AvgIpc) is 2.34. The lowest BCUT2D eigenvalue weighted by atomic mass is 10.3. The van der Waals surface area contributed by atoms with Crippen molar-refractivity contribution in [2.75, 3.05) is 6.61 Å². The Labute approximate surface area is 122 Å². The molecule has 0 unspecified atom stereocenters. The minimum absolute atomic E-state index is 0.132. The molecule has 0 aromatic heterocycles. The fourth-order valence-corrected chi connectivity index (χ4v) is 1.70. The van der Waals surface area contributed by atoms with Gasteiger partial charge in [0.1, 0.15) is 5.75 Å². The van der Waals surface area contributed by atoms with Gasteiger partial charge >= 0.3 is 0 Å². The Balaban J connectivity index is 2.27. The molecule has 0 aliphatic carbocycles. The number of ether oxygens (including phenoxy) is 1. The van der Waals surface area contributed by atoms with Gasteiger partial charge in [-0.15, -0.1) is 0 Å². The Morgan fingerprint density at radius 1 is 1.37 bits per heavy atom. The zero-order valence-electron chi connectivity index (χ0n) is 10.9. The van der Waals surface area contributed by atoms with Crippen molar-refractivity contribution in [1.29, 1.82) is 0 Å². The number of carbonyl (C=O) groups is 1. The predicted octanol–water partition coefficient (Wildman–Crippen LogP) is 3.66. The smallest absolute Gasteiger partial charge is 0.240 e. The van der Waals surface area contributed by atoms with Gasteiger partial charge in [0.15, 0.2) is 0 Å². The van der Waals surface area contributed by atoms with E-state index in [1.807, 2.05) is 13.8 Å². The molecule has 0 radical (unpaired) electrons. The Kier molecular flexibility index (Phi) is 6.67. The maximum atomic E-state index is 11.4. The van der Waals surface area contributed by atoms with Crippen molar-refractivity contribution in [3.8, 4) is 5.75 Å². The number of hydrazone groups is 1. The largest absolute Gasteiger partial charge is 0.492 e. The fraction of sp³-hybridized carbons (Fsp3) is 0.385. The molecule has 104 valence electrons. The number of hydrogen-bond acceptors (Lipinski definition) is 3. The molecule has 0 spiro atoms. The quantitative estimate of drug-likeness (QED) is 0.495. The lowest BCUT2D eigenvalue weighted by Crippen LogP contribution is -2.18. The molecule has 1 N–H and O–H groups in total. The molecule has 19 heavy (non-hydrogen) atoms. The molecule has 4 nitrogen and oxygen atoms in total. The summed E-state index contributed by atoms with van der Waals surface area (Å²) in [6.07, 6.45) is 0.936. The van der Waals surface area contributed by atoms with Crippen LogP contribution in [0, 0.1) is 0 Å². The van der Waals surface area contributed by atoms with Crippen LogP contribution in [0.3, 0.4) is 0 Å². The van der Waals surface area contributed by atoms with E-state index in [2.05, 4.69) is 10.5 Å². The number of hydrogen-bond donors (Lipinski definition) is 1. The van der Waals surface area contributed by atoms with Gasteiger partial charge in [0.2, 0.25) is 5.91 Å². The molecule has 0 aliphatic heterocycles. The topological polar surface area (TPSA) is 50.7 Å². The van der Waals surface area contributed by atoms with Crippen molar-refractivity contribution in [2.24, 2.45) is 5.10 Å². The molecule has 0 bridgehead atoms. The number of carbonyl (C=O) groups excluding carboxylic acids is 1. The Hall–Kier alpha value is -1.26. The van der Waals surface area contributed by atoms with E-state index < -0.39 is 0 Å². The molecule has 1 aromatic carbocycles. The van der Waals surface area contributed by atoms with Gasteiger partial charge in [-0.05, 0) is 38.5 Å². The Morgan fingerprint density at radius 2 is 2.11 bits per heavy atom. The number of nitrogens with one attached hydrogen (secondary N) is 1. The number of benzene rings is 1. The monoisotopic (exact) mass is 302 g/mol. The van der Waals surface area contributed by atoms with Crippen LogP contribution in [0.5, 0.6) is 5.75 Å². The van der Waals surface area contributed by atoms with E-state index in [0.717, 1.165) is 5.71 Å². The van der Waals surface area contributed by atoms with Crippen LogP contribution in [-0.4, -0.2) is 18.2 Å². The normalized spacial score (nSPS) is 9.89. The van der Waals surface area contributed by atoms with Crippen LogP contribution < -0.4 is 10.2 Å². The van der Waals surface area contributed by atoms with Crippen molar-refractivity contribution in [3.63, 3.8) is 0 Å². The summed E-state index contributed by atoms with van der Waals surface area (Å²) in [5.41, 5.74) is 3.25. The third-order valence-corrected chi connectivity index (χ3v) is 2.63. The summed E-state index contributed by atoms with van der Waals surface area (Å²) < 4.78 is 5.46. The molecule has 0 saturated carbocycles. The highest BCUT2D eigenvalue weighted by atomic mass is 35.5. The minimum atomic E-state index is -0.132. The van der Waals surface area contributed by atoms with Crippen LogP contribution >= 0.6 is 23.2 Å². The van der Waals surface area contributed by atoms with E-state index in [4.69, 9.17) is 27.9 Å². The zero-order valence-corrected chi connectivity index (χ0v) is 12.4. The van der Waals surface area contributed by atoms with Gasteiger partial charge in [-0.1, -0.05) is 23.2 Å². The van der Waals surface area contributed by atoms with Gasteiger partial charge in [0, 0.05) is 17.2 Å². The first-order chi connectivity index (χ1) is 8.99.